The Labute approximate surface area is 266 Å². The maximum atomic E-state index is 12.8. The van der Waals surface area contributed by atoms with Crippen molar-refractivity contribution in [2.24, 2.45) is 0 Å². The Balaban J connectivity index is 1.27. The summed E-state index contributed by atoms with van der Waals surface area (Å²) < 4.78 is 37.9. The van der Waals surface area contributed by atoms with Gasteiger partial charge in [0, 0.05) is 36.7 Å². The predicted octanol–water partition coefficient (Wildman–Crippen LogP) is 5.21. The minimum absolute atomic E-state index is 0.00129. The van der Waals surface area contributed by atoms with Crippen LogP contribution < -0.4 is 19.5 Å². The van der Waals surface area contributed by atoms with Crippen LogP contribution in [0.15, 0.2) is 42.9 Å². The van der Waals surface area contributed by atoms with E-state index >= 15 is 0 Å². The lowest BCUT2D eigenvalue weighted by molar-refractivity contribution is -0.150. The number of nitrogens with zero attached hydrogens (tertiary/aromatic N) is 4. The number of fused-ring (bicyclic) bond motifs is 1. The molecule has 12 nitrogen and oxygen atoms in total. The Kier molecular flexibility index (Phi) is 10.8. The fourth-order valence-corrected chi connectivity index (χ4v) is 6.89. The normalized spacial score (nSPS) is 18.5. The Bertz CT molecular complexity index is 1450. The molecular weight excluding hydrogens is 627 g/mol. The molecule has 44 heavy (non-hydrogen) atoms. The first-order valence-electron chi connectivity index (χ1n) is 14.7. The molecule has 0 spiro atoms. The molecule has 0 amide bonds. The molecule has 3 aromatic rings. The Morgan fingerprint density at radius 1 is 1.20 bits per heavy atom. The number of hydrogen-bond donors (Lipinski definition) is 2. The molecule has 4 unspecified atom stereocenters. The number of hydrogen-bond acceptors (Lipinski definition) is 10. The number of benzene rings is 1. The van der Waals surface area contributed by atoms with Gasteiger partial charge >= 0.3 is 14.5 Å². The van der Waals surface area contributed by atoms with E-state index in [9.17, 15) is 9.00 Å². The van der Waals surface area contributed by atoms with Crippen LogP contribution >= 0.6 is 20.1 Å². The molecule has 15 heteroatoms. The van der Waals surface area contributed by atoms with Gasteiger partial charge in [0.05, 0.1) is 24.2 Å². The zero-order valence-electron chi connectivity index (χ0n) is 25.6. The summed E-state index contributed by atoms with van der Waals surface area (Å²) in [5.74, 6) is 0.979. The van der Waals surface area contributed by atoms with Crippen molar-refractivity contribution in [2.45, 2.75) is 82.7 Å². The van der Waals surface area contributed by atoms with E-state index in [-0.39, 0.29) is 36.9 Å². The second kappa shape index (κ2) is 14.4. The highest BCUT2D eigenvalue weighted by Gasteiger charge is 2.54. The second-order valence-electron chi connectivity index (χ2n) is 11.5. The maximum absolute atomic E-state index is 12.8. The van der Waals surface area contributed by atoms with Crippen molar-refractivity contribution >= 4 is 53.9 Å². The summed E-state index contributed by atoms with van der Waals surface area (Å²) in [7, 11) is -1.30. The topological polar surface area (TPSA) is 129 Å². The Hall–Kier alpha value is -2.38. The number of nitrogens with one attached hydrogen (secondary N) is 2. The highest BCUT2D eigenvalue weighted by molar-refractivity contribution is 7.82. The van der Waals surface area contributed by atoms with E-state index < -0.39 is 25.1 Å². The Morgan fingerprint density at radius 3 is 2.55 bits per heavy atom. The molecule has 0 aliphatic heterocycles. The third kappa shape index (κ3) is 8.25. The summed E-state index contributed by atoms with van der Waals surface area (Å²) in [6.07, 6.45) is 8.57. The van der Waals surface area contributed by atoms with Gasteiger partial charge in [-0.2, -0.15) is 0 Å². The van der Waals surface area contributed by atoms with Crippen molar-refractivity contribution in [3.05, 3.63) is 47.9 Å². The van der Waals surface area contributed by atoms with E-state index in [4.69, 9.17) is 30.1 Å². The molecule has 2 aliphatic rings. The number of esters is 1. The number of carbonyl (C=O) groups is 1. The van der Waals surface area contributed by atoms with E-state index in [1.165, 1.54) is 0 Å². The van der Waals surface area contributed by atoms with E-state index in [0.717, 1.165) is 23.9 Å². The summed E-state index contributed by atoms with van der Waals surface area (Å²) in [6.45, 7) is 5.98. The van der Waals surface area contributed by atoms with Gasteiger partial charge in [-0.1, -0.05) is 11.6 Å². The van der Waals surface area contributed by atoms with Gasteiger partial charge in [-0.3, -0.25) is 9.80 Å². The van der Waals surface area contributed by atoms with Crippen molar-refractivity contribution < 1.29 is 27.5 Å². The molecule has 0 radical (unpaired) electrons. The number of methoxy groups -OCH3 is 1. The molecule has 0 saturated heterocycles. The highest BCUT2D eigenvalue weighted by atomic mass is 35.5. The van der Waals surface area contributed by atoms with Crippen LogP contribution in [0.1, 0.15) is 58.9 Å². The first kappa shape index (κ1) is 33.0. The van der Waals surface area contributed by atoms with Crippen molar-refractivity contribution in [1.29, 1.82) is 0 Å². The van der Waals surface area contributed by atoms with Gasteiger partial charge in [0.2, 0.25) is 0 Å². The van der Waals surface area contributed by atoms with Gasteiger partial charge in [-0.25, -0.2) is 19.3 Å². The summed E-state index contributed by atoms with van der Waals surface area (Å²) in [5, 5.41) is 6.68. The smallest absolute Gasteiger partial charge is 0.327 e. The number of halogens is 1. The van der Waals surface area contributed by atoms with Crippen LogP contribution in [0, 0.1) is 0 Å². The molecule has 5 rings (SSSR count). The van der Waals surface area contributed by atoms with Crippen LogP contribution in [0.3, 0.4) is 0 Å². The standard InChI is InChI=1S/C29H40ClN6O6PS/c1-19(2)41-28(37)29(13-14-29)33-43(42-23-10-6-21(30)7-11-23)40-17-24(39-4)16-20(3)35-15-12-25-26(35)31-18-32-27(25)36(22-8-9-22)34-44(5)38/h6-7,10-12,15,18-20,22,24,33-34H,8-9,13-14,16-17H2,1-5H3. The molecule has 0 bridgehead atoms. The highest BCUT2D eigenvalue weighted by Crippen LogP contribution is 2.47. The lowest BCUT2D eigenvalue weighted by atomic mass is 10.1. The monoisotopic (exact) mass is 666 g/mol. The number of carbonyl (C=O) groups excluding carboxylic acids is 1. The van der Waals surface area contributed by atoms with Crippen LogP contribution in [0.4, 0.5) is 5.82 Å². The summed E-state index contributed by atoms with van der Waals surface area (Å²) >= 11 is 6.06. The van der Waals surface area contributed by atoms with E-state index in [1.54, 1.807) is 44.0 Å². The quantitative estimate of drug-likeness (QED) is 0.112. The Morgan fingerprint density at radius 2 is 1.93 bits per heavy atom. The first-order valence-corrected chi connectivity index (χ1v) is 17.8. The lowest BCUT2D eigenvalue weighted by Crippen LogP contribution is -2.41. The number of aromatic nitrogens is 3. The predicted molar refractivity (Wildman–Crippen MR) is 172 cm³/mol. The van der Waals surface area contributed by atoms with Gasteiger partial charge in [0.15, 0.2) is 5.82 Å². The average molecular weight is 667 g/mol. The van der Waals surface area contributed by atoms with Gasteiger partial charge < -0.3 is 23.1 Å². The summed E-state index contributed by atoms with van der Waals surface area (Å²) in [6, 6.07) is 9.24. The third-order valence-corrected chi connectivity index (χ3v) is 9.51. The molecule has 1 aromatic carbocycles. The van der Waals surface area contributed by atoms with E-state index in [2.05, 4.69) is 31.4 Å². The van der Waals surface area contributed by atoms with Gasteiger partial charge in [-0.05, 0) is 83.2 Å². The fraction of sp³-hybridized carbons (Fsp3) is 0.552. The molecule has 4 atom stereocenters. The van der Waals surface area contributed by atoms with Crippen LogP contribution in [0.2, 0.25) is 5.02 Å². The molecule has 2 fully saturated rings. The number of ether oxygens (including phenoxy) is 2. The second-order valence-corrected chi connectivity index (χ2v) is 14.2. The summed E-state index contributed by atoms with van der Waals surface area (Å²) in [5.41, 5.74) is -0.0465. The van der Waals surface area contributed by atoms with Crippen molar-refractivity contribution in [1.82, 2.24) is 24.5 Å². The molecule has 2 saturated carbocycles. The molecule has 240 valence electrons. The van der Waals surface area contributed by atoms with Gasteiger partial charge in [0.1, 0.15) is 34.2 Å². The van der Waals surface area contributed by atoms with Crippen molar-refractivity contribution in [3.8, 4) is 5.75 Å². The van der Waals surface area contributed by atoms with Crippen molar-refractivity contribution in [2.75, 3.05) is 25.0 Å². The van der Waals surface area contributed by atoms with Gasteiger partial charge in [0.25, 0.3) is 0 Å². The maximum Gasteiger partial charge on any atom is 0.327 e. The minimum Gasteiger partial charge on any atom is -0.462 e. The molecular formula is C29H40ClN6O6PS. The van der Waals surface area contributed by atoms with E-state index in [1.807, 2.05) is 31.1 Å². The number of hydrazine groups is 1. The number of rotatable bonds is 17. The first-order chi connectivity index (χ1) is 21.1. The average Bonchev–Trinajstić information content (AvgIpc) is 3.92. The SMILES string of the molecule is COC(COP(NC1(C(=O)OC(C)C)CC1)Oc1ccc(Cl)cc1)CC(C)n1ccc2c(N(NS(C)=O)C3CC3)ncnc21. The van der Waals surface area contributed by atoms with Crippen LogP contribution in [-0.2, 0) is 29.8 Å². The van der Waals surface area contributed by atoms with Crippen LogP contribution in [0.5, 0.6) is 5.75 Å². The summed E-state index contributed by atoms with van der Waals surface area (Å²) in [4.78, 5) is 25.0. The van der Waals surface area contributed by atoms with Crippen molar-refractivity contribution in [3.63, 3.8) is 0 Å². The lowest BCUT2D eigenvalue weighted by Gasteiger charge is -2.27. The molecule has 2 heterocycles. The molecule has 2 aromatic heterocycles. The number of anilines is 1. The van der Waals surface area contributed by atoms with Gasteiger partial charge in [-0.15, -0.1) is 4.83 Å². The minimum atomic E-state index is -1.72. The molecule has 2 aliphatic carbocycles. The zero-order chi connectivity index (χ0) is 31.4. The molecule has 2 N–H and O–H groups in total. The van der Waals surface area contributed by atoms with Crippen LogP contribution in [0.25, 0.3) is 11.0 Å². The van der Waals surface area contributed by atoms with Crippen LogP contribution in [-0.4, -0.2) is 68.5 Å². The third-order valence-electron chi connectivity index (χ3n) is 7.44. The van der Waals surface area contributed by atoms with E-state index in [0.29, 0.717) is 35.9 Å². The zero-order valence-corrected chi connectivity index (χ0v) is 28.0. The largest absolute Gasteiger partial charge is 0.462 e. The fourth-order valence-electron chi connectivity index (χ4n) is 4.81.